The average Bonchev–Trinajstić information content (AvgIpc) is 2.37. The SMILES string of the molecule is Cc1nccc(CNC(=O)c2ccc(N)nn2)n1. The second-order valence-electron chi connectivity index (χ2n) is 3.62. The Labute approximate surface area is 103 Å². The molecule has 0 fully saturated rings. The molecular weight excluding hydrogens is 232 g/mol. The Hall–Kier alpha value is -2.57. The maximum absolute atomic E-state index is 11.7. The Bertz CT molecular complexity index is 554. The normalized spacial score (nSPS) is 10.1. The summed E-state index contributed by atoms with van der Waals surface area (Å²) in [5, 5.41) is 9.99. The van der Waals surface area contributed by atoms with Gasteiger partial charge in [-0.2, -0.15) is 0 Å². The smallest absolute Gasteiger partial charge is 0.272 e. The fourth-order valence-electron chi connectivity index (χ4n) is 1.33. The average molecular weight is 244 g/mol. The Balaban J connectivity index is 1.98. The summed E-state index contributed by atoms with van der Waals surface area (Å²) >= 11 is 0. The molecule has 3 N–H and O–H groups in total. The van der Waals surface area contributed by atoms with Crippen molar-refractivity contribution >= 4 is 11.7 Å². The second-order valence-corrected chi connectivity index (χ2v) is 3.62. The number of nitrogen functional groups attached to an aromatic ring is 1. The van der Waals surface area contributed by atoms with Crippen LogP contribution in [0, 0.1) is 6.92 Å². The van der Waals surface area contributed by atoms with E-state index in [0.29, 0.717) is 12.4 Å². The summed E-state index contributed by atoms with van der Waals surface area (Å²) in [5.41, 5.74) is 6.34. The number of hydrogen-bond acceptors (Lipinski definition) is 6. The van der Waals surface area contributed by atoms with Crippen LogP contribution in [0.2, 0.25) is 0 Å². The van der Waals surface area contributed by atoms with Gasteiger partial charge in [0.2, 0.25) is 0 Å². The summed E-state index contributed by atoms with van der Waals surface area (Å²) in [6.07, 6.45) is 1.65. The lowest BCUT2D eigenvalue weighted by molar-refractivity contribution is 0.0944. The third kappa shape index (κ3) is 2.97. The van der Waals surface area contributed by atoms with Crippen LogP contribution in [0.1, 0.15) is 22.0 Å². The summed E-state index contributed by atoms with van der Waals surface area (Å²) in [6, 6.07) is 4.78. The van der Waals surface area contributed by atoms with Crippen molar-refractivity contribution in [2.45, 2.75) is 13.5 Å². The van der Waals surface area contributed by atoms with Gasteiger partial charge in [-0.05, 0) is 25.1 Å². The van der Waals surface area contributed by atoms with E-state index in [1.54, 1.807) is 19.2 Å². The Morgan fingerprint density at radius 1 is 1.33 bits per heavy atom. The van der Waals surface area contributed by atoms with E-state index in [4.69, 9.17) is 5.73 Å². The molecule has 7 nitrogen and oxygen atoms in total. The van der Waals surface area contributed by atoms with E-state index >= 15 is 0 Å². The van der Waals surface area contributed by atoms with Crippen LogP contribution in [-0.2, 0) is 6.54 Å². The number of aromatic nitrogens is 4. The van der Waals surface area contributed by atoms with Crippen LogP contribution in [0.3, 0.4) is 0 Å². The molecule has 18 heavy (non-hydrogen) atoms. The summed E-state index contributed by atoms with van der Waals surface area (Å²) < 4.78 is 0. The Kier molecular flexibility index (Phi) is 3.42. The second kappa shape index (κ2) is 5.17. The monoisotopic (exact) mass is 244 g/mol. The number of nitrogens with one attached hydrogen (secondary N) is 1. The van der Waals surface area contributed by atoms with E-state index in [2.05, 4.69) is 25.5 Å². The van der Waals surface area contributed by atoms with Crippen LogP contribution in [0.4, 0.5) is 5.82 Å². The third-order valence-electron chi connectivity index (χ3n) is 2.18. The molecule has 2 aromatic rings. The molecule has 0 bridgehead atoms. The number of carbonyl (C=O) groups is 1. The lowest BCUT2D eigenvalue weighted by atomic mass is 10.3. The van der Waals surface area contributed by atoms with E-state index in [-0.39, 0.29) is 17.4 Å². The minimum absolute atomic E-state index is 0.218. The van der Waals surface area contributed by atoms with Crippen molar-refractivity contribution in [3.63, 3.8) is 0 Å². The standard InChI is InChI=1S/C11H12N6O/c1-7-13-5-4-8(15-7)6-14-11(18)9-2-3-10(12)17-16-9/h2-5H,6H2,1H3,(H2,12,17)(H,14,18). The molecule has 0 aliphatic heterocycles. The van der Waals surface area contributed by atoms with Crippen molar-refractivity contribution in [3.8, 4) is 0 Å². The number of anilines is 1. The summed E-state index contributed by atoms with van der Waals surface area (Å²) in [6.45, 7) is 2.10. The highest BCUT2D eigenvalue weighted by molar-refractivity contribution is 5.92. The molecule has 0 atom stereocenters. The predicted octanol–water partition coefficient (Wildman–Crippen LogP) is 0.0872. The molecule has 0 radical (unpaired) electrons. The number of aryl methyl sites for hydroxylation is 1. The number of amides is 1. The molecule has 0 aromatic carbocycles. The minimum Gasteiger partial charge on any atom is -0.382 e. The molecule has 0 unspecified atom stereocenters. The number of rotatable bonds is 3. The molecule has 2 aromatic heterocycles. The molecule has 92 valence electrons. The van der Waals surface area contributed by atoms with Gasteiger partial charge >= 0.3 is 0 Å². The van der Waals surface area contributed by atoms with Crippen molar-refractivity contribution in [1.29, 1.82) is 0 Å². The summed E-state index contributed by atoms with van der Waals surface area (Å²) in [7, 11) is 0. The fraction of sp³-hybridized carbons (Fsp3) is 0.182. The minimum atomic E-state index is -0.321. The molecule has 2 heterocycles. The van der Waals surface area contributed by atoms with E-state index in [9.17, 15) is 4.79 Å². The van der Waals surface area contributed by atoms with Gasteiger partial charge in [0.15, 0.2) is 5.69 Å². The van der Waals surface area contributed by atoms with Gasteiger partial charge in [-0.1, -0.05) is 0 Å². The first kappa shape index (κ1) is 11.9. The number of nitrogens with zero attached hydrogens (tertiary/aromatic N) is 4. The molecule has 2 rings (SSSR count). The maximum Gasteiger partial charge on any atom is 0.272 e. The van der Waals surface area contributed by atoms with E-state index < -0.39 is 0 Å². The fourth-order valence-corrected chi connectivity index (χ4v) is 1.33. The van der Waals surface area contributed by atoms with Crippen LogP contribution in [0.25, 0.3) is 0 Å². The number of carbonyl (C=O) groups excluding carboxylic acids is 1. The van der Waals surface area contributed by atoms with Crippen molar-refractivity contribution in [1.82, 2.24) is 25.5 Å². The molecular formula is C11H12N6O. The first-order valence-electron chi connectivity index (χ1n) is 5.31. The van der Waals surface area contributed by atoms with E-state index in [1.165, 1.54) is 12.1 Å². The Morgan fingerprint density at radius 2 is 2.17 bits per heavy atom. The largest absolute Gasteiger partial charge is 0.382 e. The van der Waals surface area contributed by atoms with Gasteiger partial charge < -0.3 is 11.1 Å². The van der Waals surface area contributed by atoms with Crippen LogP contribution < -0.4 is 11.1 Å². The van der Waals surface area contributed by atoms with Gasteiger partial charge in [0.05, 0.1) is 12.2 Å². The Morgan fingerprint density at radius 3 is 2.83 bits per heavy atom. The van der Waals surface area contributed by atoms with Gasteiger partial charge in [-0.15, -0.1) is 10.2 Å². The number of hydrogen-bond donors (Lipinski definition) is 2. The first-order chi connectivity index (χ1) is 8.65. The van der Waals surface area contributed by atoms with Crippen LogP contribution >= 0.6 is 0 Å². The zero-order valence-electron chi connectivity index (χ0n) is 9.79. The van der Waals surface area contributed by atoms with Gasteiger partial charge in [0.25, 0.3) is 5.91 Å². The molecule has 0 saturated heterocycles. The third-order valence-corrected chi connectivity index (χ3v) is 2.18. The summed E-state index contributed by atoms with van der Waals surface area (Å²) in [4.78, 5) is 19.9. The lowest BCUT2D eigenvalue weighted by Gasteiger charge is -2.04. The van der Waals surface area contributed by atoms with Gasteiger partial charge in [0.1, 0.15) is 11.6 Å². The number of nitrogens with two attached hydrogens (primary N) is 1. The van der Waals surface area contributed by atoms with Crippen molar-refractivity contribution in [2.24, 2.45) is 0 Å². The molecule has 1 amide bonds. The molecule has 0 spiro atoms. The van der Waals surface area contributed by atoms with Crippen molar-refractivity contribution in [3.05, 3.63) is 41.6 Å². The highest BCUT2D eigenvalue weighted by atomic mass is 16.1. The topological polar surface area (TPSA) is 107 Å². The van der Waals surface area contributed by atoms with Gasteiger partial charge in [0, 0.05) is 6.20 Å². The van der Waals surface area contributed by atoms with Crippen molar-refractivity contribution in [2.75, 3.05) is 5.73 Å². The van der Waals surface area contributed by atoms with Crippen LogP contribution in [0.5, 0.6) is 0 Å². The van der Waals surface area contributed by atoms with Crippen LogP contribution in [0.15, 0.2) is 24.4 Å². The molecule has 0 aliphatic rings. The zero-order chi connectivity index (χ0) is 13.0. The highest BCUT2D eigenvalue weighted by Gasteiger charge is 2.07. The van der Waals surface area contributed by atoms with Gasteiger partial charge in [-0.25, -0.2) is 9.97 Å². The van der Waals surface area contributed by atoms with Crippen molar-refractivity contribution < 1.29 is 4.79 Å². The maximum atomic E-state index is 11.7. The van der Waals surface area contributed by atoms with E-state index in [0.717, 1.165) is 5.69 Å². The zero-order valence-corrected chi connectivity index (χ0v) is 9.79. The molecule has 7 heteroatoms. The highest BCUT2D eigenvalue weighted by Crippen LogP contribution is 1.98. The van der Waals surface area contributed by atoms with Crippen LogP contribution in [-0.4, -0.2) is 26.1 Å². The lowest BCUT2D eigenvalue weighted by Crippen LogP contribution is -2.24. The first-order valence-corrected chi connectivity index (χ1v) is 5.31. The predicted molar refractivity (Wildman–Crippen MR) is 64.4 cm³/mol. The quantitative estimate of drug-likeness (QED) is 0.792. The van der Waals surface area contributed by atoms with E-state index in [1.807, 2.05) is 0 Å². The molecule has 0 saturated carbocycles. The van der Waals surface area contributed by atoms with Gasteiger partial charge in [-0.3, -0.25) is 4.79 Å². The summed E-state index contributed by atoms with van der Waals surface area (Å²) in [5.74, 6) is 0.616. The molecule has 0 aliphatic carbocycles.